The first-order valence-electron chi connectivity index (χ1n) is 7.94. The number of rotatable bonds is 6. The fraction of sp³-hybridized carbons (Fsp3) is 0.111. The van der Waals surface area contributed by atoms with E-state index in [4.69, 9.17) is 17.4 Å². The van der Waals surface area contributed by atoms with E-state index in [-0.39, 0.29) is 16.8 Å². The lowest BCUT2D eigenvalue weighted by molar-refractivity contribution is 0.101. The first-order chi connectivity index (χ1) is 13.0. The molecule has 3 rings (SSSR count). The van der Waals surface area contributed by atoms with Crippen LogP contribution in [0.2, 0.25) is 5.02 Å². The third kappa shape index (κ3) is 4.47. The molecule has 0 aliphatic heterocycles. The average Bonchev–Trinajstić information content (AvgIpc) is 2.66. The second kappa shape index (κ2) is 8.24. The highest BCUT2D eigenvalue weighted by Gasteiger charge is 2.12. The number of nitrogens with one attached hydrogen (secondary N) is 1. The molecule has 0 radical (unpaired) electrons. The second-order valence-corrected chi connectivity index (χ2v) is 6.99. The normalized spacial score (nSPS) is 10.6. The summed E-state index contributed by atoms with van der Waals surface area (Å²) in [5.41, 5.74) is 1.57. The van der Waals surface area contributed by atoms with Crippen LogP contribution in [0.25, 0.3) is 0 Å². The summed E-state index contributed by atoms with van der Waals surface area (Å²) in [6.45, 7) is 1.49. The number of nitrogen functional groups attached to an aromatic ring is 1. The van der Waals surface area contributed by atoms with Gasteiger partial charge in [-0.3, -0.25) is 9.59 Å². The molecule has 0 unspecified atom stereocenters. The Morgan fingerprint density at radius 1 is 1.19 bits per heavy atom. The van der Waals surface area contributed by atoms with Gasteiger partial charge >= 0.3 is 5.56 Å². The van der Waals surface area contributed by atoms with Crippen molar-refractivity contribution in [2.45, 2.75) is 17.8 Å². The highest BCUT2D eigenvalue weighted by atomic mass is 35.5. The lowest BCUT2D eigenvalue weighted by Crippen LogP contribution is -2.32. The van der Waals surface area contributed by atoms with Crippen LogP contribution in [-0.4, -0.2) is 20.7 Å². The van der Waals surface area contributed by atoms with E-state index in [1.807, 2.05) is 18.2 Å². The third-order valence-electron chi connectivity index (χ3n) is 3.73. The summed E-state index contributed by atoms with van der Waals surface area (Å²) >= 11 is 7.39. The molecule has 9 heteroatoms. The van der Waals surface area contributed by atoms with E-state index in [1.54, 1.807) is 30.3 Å². The maximum Gasteiger partial charge on any atom is 0.315 e. The monoisotopic (exact) mass is 401 g/mol. The van der Waals surface area contributed by atoms with Gasteiger partial charge in [0.2, 0.25) is 11.0 Å². The van der Waals surface area contributed by atoms with Gasteiger partial charge in [-0.25, -0.2) is 0 Å². The van der Waals surface area contributed by atoms with Gasteiger partial charge in [-0.05, 0) is 42.8 Å². The fourth-order valence-corrected chi connectivity index (χ4v) is 3.38. The quantitative estimate of drug-likeness (QED) is 0.371. The van der Waals surface area contributed by atoms with Gasteiger partial charge < -0.3 is 11.2 Å². The standard InChI is InChI=1S/C18H16ClN5O2S/c1-11(25)12-6-8-14(9-7-12)21-16-17(26)24(20)18(23-22-16)27-10-13-4-2-3-5-15(13)19/h2-9H,10,20H2,1H3,(H,21,22). The smallest absolute Gasteiger partial charge is 0.315 e. The van der Waals surface area contributed by atoms with Crippen molar-refractivity contribution in [2.24, 2.45) is 0 Å². The van der Waals surface area contributed by atoms with Gasteiger partial charge in [-0.2, -0.15) is 4.68 Å². The van der Waals surface area contributed by atoms with Crippen LogP contribution in [0.15, 0.2) is 58.5 Å². The number of nitrogens with zero attached hydrogens (tertiary/aromatic N) is 3. The Morgan fingerprint density at radius 2 is 1.89 bits per heavy atom. The fourth-order valence-electron chi connectivity index (χ4n) is 2.24. The van der Waals surface area contributed by atoms with Gasteiger partial charge in [0.1, 0.15) is 0 Å². The predicted octanol–water partition coefficient (Wildman–Crippen LogP) is 3.24. The summed E-state index contributed by atoms with van der Waals surface area (Å²) in [6.07, 6.45) is 0. The number of nitrogens with two attached hydrogens (primary N) is 1. The molecule has 3 aromatic rings. The van der Waals surface area contributed by atoms with Crippen LogP contribution in [0.5, 0.6) is 0 Å². The van der Waals surface area contributed by atoms with Crippen LogP contribution in [0.1, 0.15) is 22.8 Å². The first kappa shape index (κ1) is 18.9. The number of ketones is 1. The number of Topliss-reactive ketones (excluding diaryl/α,β-unsaturated/α-hetero) is 1. The van der Waals surface area contributed by atoms with Crippen molar-refractivity contribution in [2.75, 3.05) is 11.2 Å². The maximum absolute atomic E-state index is 12.4. The largest absolute Gasteiger partial charge is 0.334 e. The summed E-state index contributed by atoms with van der Waals surface area (Å²) in [5.74, 6) is 6.33. The molecule has 0 amide bonds. The van der Waals surface area contributed by atoms with Gasteiger partial charge in [0, 0.05) is 22.0 Å². The number of hydrogen-bond donors (Lipinski definition) is 2. The highest BCUT2D eigenvalue weighted by Crippen LogP contribution is 2.24. The molecule has 7 nitrogen and oxygen atoms in total. The lowest BCUT2D eigenvalue weighted by atomic mass is 10.1. The minimum absolute atomic E-state index is 0.00447. The van der Waals surface area contributed by atoms with Crippen LogP contribution in [0.3, 0.4) is 0 Å². The molecule has 0 aliphatic rings. The number of carbonyl (C=O) groups is 1. The molecule has 3 N–H and O–H groups in total. The Bertz CT molecular complexity index is 1040. The van der Waals surface area contributed by atoms with Crippen molar-refractivity contribution >= 4 is 40.7 Å². The average molecular weight is 402 g/mol. The molecule has 2 aromatic carbocycles. The van der Waals surface area contributed by atoms with Crippen molar-refractivity contribution in [1.82, 2.24) is 14.9 Å². The molecule has 0 atom stereocenters. The SMILES string of the molecule is CC(=O)c1ccc(Nc2nnc(SCc3ccccc3Cl)n(N)c2=O)cc1. The molecule has 0 saturated heterocycles. The molecule has 1 heterocycles. The van der Waals surface area contributed by atoms with E-state index in [1.165, 1.54) is 18.7 Å². The van der Waals surface area contributed by atoms with Crippen molar-refractivity contribution < 1.29 is 4.79 Å². The molecule has 138 valence electrons. The minimum atomic E-state index is -0.512. The Balaban J connectivity index is 1.75. The number of benzene rings is 2. The third-order valence-corrected chi connectivity index (χ3v) is 5.09. The van der Waals surface area contributed by atoms with E-state index < -0.39 is 5.56 Å². The van der Waals surface area contributed by atoms with Crippen LogP contribution >= 0.6 is 23.4 Å². The first-order valence-corrected chi connectivity index (χ1v) is 9.31. The summed E-state index contributed by atoms with van der Waals surface area (Å²) in [6, 6.07) is 14.1. The van der Waals surface area contributed by atoms with Gasteiger partial charge in [-0.15, -0.1) is 10.2 Å². The van der Waals surface area contributed by atoms with Gasteiger partial charge in [0.05, 0.1) is 0 Å². The van der Waals surface area contributed by atoms with Gasteiger partial charge in [0.15, 0.2) is 5.78 Å². The Kier molecular flexibility index (Phi) is 5.78. The summed E-state index contributed by atoms with van der Waals surface area (Å²) in [4.78, 5) is 23.7. The lowest BCUT2D eigenvalue weighted by Gasteiger charge is -2.09. The zero-order chi connectivity index (χ0) is 19.4. The number of halogens is 1. The van der Waals surface area contributed by atoms with E-state index in [0.717, 1.165) is 10.2 Å². The number of anilines is 2. The second-order valence-electron chi connectivity index (χ2n) is 5.64. The van der Waals surface area contributed by atoms with Gasteiger partial charge in [0.25, 0.3) is 0 Å². The molecule has 0 bridgehead atoms. The Hall–Kier alpha value is -2.84. The predicted molar refractivity (Wildman–Crippen MR) is 107 cm³/mol. The van der Waals surface area contributed by atoms with Crippen molar-refractivity contribution in [3.05, 3.63) is 75.0 Å². The topological polar surface area (TPSA) is 103 Å². The number of hydrogen-bond acceptors (Lipinski definition) is 7. The van der Waals surface area contributed by atoms with Crippen LogP contribution in [0.4, 0.5) is 11.5 Å². The molecule has 27 heavy (non-hydrogen) atoms. The number of aromatic nitrogens is 3. The van der Waals surface area contributed by atoms with E-state index in [0.29, 0.717) is 22.0 Å². The van der Waals surface area contributed by atoms with Crippen molar-refractivity contribution in [1.29, 1.82) is 0 Å². The zero-order valence-electron chi connectivity index (χ0n) is 14.3. The molecular formula is C18H16ClN5O2S. The summed E-state index contributed by atoms with van der Waals surface area (Å²) in [7, 11) is 0. The van der Waals surface area contributed by atoms with Crippen LogP contribution in [-0.2, 0) is 5.75 Å². The minimum Gasteiger partial charge on any atom is -0.334 e. The van der Waals surface area contributed by atoms with Crippen molar-refractivity contribution in [3.63, 3.8) is 0 Å². The molecule has 0 spiro atoms. The summed E-state index contributed by atoms with van der Waals surface area (Å²) < 4.78 is 0.945. The maximum atomic E-state index is 12.4. The molecule has 0 saturated carbocycles. The van der Waals surface area contributed by atoms with E-state index in [9.17, 15) is 9.59 Å². The van der Waals surface area contributed by atoms with E-state index in [2.05, 4.69) is 15.5 Å². The van der Waals surface area contributed by atoms with Crippen molar-refractivity contribution in [3.8, 4) is 0 Å². The Labute approximate surface area is 164 Å². The molecule has 0 aliphatic carbocycles. The van der Waals surface area contributed by atoms with Gasteiger partial charge in [-0.1, -0.05) is 41.6 Å². The molecule has 0 fully saturated rings. The summed E-state index contributed by atoms with van der Waals surface area (Å²) in [5, 5.41) is 11.7. The Morgan fingerprint density at radius 3 is 2.56 bits per heavy atom. The van der Waals surface area contributed by atoms with Crippen LogP contribution in [0, 0.1) is 0 Å². The number of thioether (sulfide) groups is 1. The highest BCUT2D eigenvalue weighted by molar-refractivity contribution is 7.98. The van der Waals surface area contributed by atoms with Crippen LogP contribution < -0.4 is 16.7 Å². The zero-order valence-corrected chi connectivity index (χ0v) is 15.9. The molecular weight excluding hydrogens is 386 g/mol. The number of carbonyl (C=O) groups excluding carboxylic acids is 1. The van der Waals surface area contributed by atoms with E-state index >= 15 is 0 Å². The molecule has 1 aromatic heterocycles.